The number of nitrogens with zero attached hydrogens (tertiary/aromatic N) is 2. The molecule has 1 aromatic heterocycles. The van der Waals surface area contributed by atoms with Gasteiger partial charge >= 0.3 is 5.69 Å². The van der Waals surface area contributed by atoms with Gasteiger partial charge in [-0.3, -0.25) is 15.2 Å². The highest BCUT2D eigenvalue weighted by Crippen LogP contribution is 2.14. The van der Waals surface area contributed by atoms with E-state index in [0.717, 1.165) is 0 Å². The number of aromatic amines is 1. The average Bonchev–Trinajstić information content (AvgIpc) is 2.48. The third kappa shape index (κ3) is 1.79. The summed E-state index contributed by atoms with van der Waals surface area (Å²) < 4.78 is 4.78. The molecule has 0 fully saturated rings. The number of nitro groups is 1. The van der Waals surface area contributed by atoms with Gasteiger partial charge in [-0.1, -0.05) is 0 Å². The number of hydrogen-bond donors (Lipinski definition) is 1. The van der Waals surface area contributed by atoms with E-state index in [1.807, 2.05) is 0 Å². The van der Waals surface area contributed by atoms with E-state index >= 15 is 0 Å². The van der Waals surface area contributed by atoms with Gasteiger partial charge in [-0.2, -0.15) is 5.10 Å². The molecule has 0 spiro atoms. The van der Waals surface area contributed by atoms with E-state index in [1.165, 1.54) is 6.20 Å². The normalized spacial score (nSPS) is 10.1. The summed E-state index contributed by atoms with van der Waals surface area (Å²) >= 11 is 0. The second kappa shape index (κ2) is 3.82. The van der Waals surface area contributed by atoms with E-state index in [-0.39, 0.29) is 5.69 Å². The number of hydrogen-bond acceptors (Lipinski definition) is 4. The number of aromatic nitrogens is 2. The van der Waals surface area contributed by atoms with Gasteiger partial charge in [0, 0.05) is 13.5 Å². The predicted octanol–water partition coefficient (Wildman–Crippen LogP) is 0.507. The molecular formula is C6H9N3O3. The van der Waals surface area contributed by atoms with Crippen LogP contribution in [0.4, 0.5) is 5.69 Å². The Bertz CT molecular complexity index is 271. The minimum absolute atomic E-state index is 0.0204. The topological polar surface area (TPSA) is 81.0 Å². The standard InChI is InChI=1S/C6H9N3O3/c1-12-3-2-5-6(9(10)11)4-7-8-5/h4H,2-3H2,1H3,(H,7,8). The molecule has 66 valence electrons. The smallest absolute Gasteiger partial charge is 0.309 e. The molecule has 1 aromatic rings. The van der Waals surface area contributed by atoms with Crippen molar-refractivity contribution in [3.8, 4) is 0 Å². The molecule has 0 atom stereocenters. The van der Waals surface area contributed by atoms with Crippen LogP contribution in [0.3, 0.4) is 0 Å². The Morgan fingerprint density at radius 1 is 1.83 bits per heavy atom. The maximum Gasteiger partial charge on any atom is 0.309 e. The third-order valence-electron chi connectivity index (χ3n) is 1.45. The van der Waals surface area contributed by atoms with Crippen molar-refractivity contribution in [1.82, 2.24) is 10.2 Å². The first-order valence-electron chi connectivity index (χ1n) is 3.41. The molecule has 0 saturated carbocycles. The maximum atomic E-state index is 10.4. The zero-order valence-electron chi connectivity index (χ0n) is 6.61. The largest absolute Gasteiger partial charge is 0.384 e. The molecule has 1 rings (SSSR count). The summed E-state index contributed by atoms with van der Waals surface area (Å²) in [6.45, 7) is 0.447. The van der Waals surface area contributed by atoms with Crippen LogP contribution in [-0.2, 0) is 11.2 Å². The first-order chi connectivity index (χ1) is 5.75. The number of rotatable bonds is 4. The van der Waals surface area contributed by atoms with Crippen molar-refractivity contribution in [1.29, 1.82) is 0 Å². The summed E-state index contributed by atoms with van der Waals surface area (Å²) in [6.07, 6.45) is 1.68. The molecule has 0 aliphatic carbocycles. The highest BCUT2D eigenvalue weighted by molar-refractivity contribution is 5.31. The lowest BCUT2D eigenvalue weighted by Gasteiger charge is -1.94. The van der Waals surface area contributed by atoms with E-state index < -0.39 is 4.92 Å². The zero-order valence-corrected chi connectivity index (χ0v) is 6.61. The van der Waals surface area contributed by atoms with Crippen LogP contribution in [0.2, 0.25) is 0 Å². The Hall–Kier alpha value is -1.43. The molecule has 1 heterocycles. The van der Waals surface area contributed by atoms with Crippen molar-refractivity contribution in [3.05, 3.63) is 22.0 Å². The van der Waals surface area contributed by atoms with Crippen LogP contribution in [0.1, 0.15) is 5.69 Å². The fourth-order valence-electron chi connectivity index (χ4n) is 0.852. The van der Waals surface area contributed by atoms with E-state index in [1.54, 1.807) is 7.11 Å². The van der Waals surface area contributed by atoms with Crippen LogP contribution in [0, 0.1) is 10.1 Å². The Morgan fingerprint density at radius 2 is 2.58 bits per heavy atom. The van der Waals surface area contributed by atoms with Gasteiger partial charge in [-0.05, 0) is 0 Å². The second-order valence-corrected chi connectivity index (χ2v) is 2.23. The summed E-state index contributed by atoms with van der Waals surface area (Å²) in [7, 11) is 1.54. The Morgan fingerprint density at radius 3 is 3.17 bits per heavy atom. The fraction of sp³-hybridized carbons (Fsp3) is 0.500. The maximum absolute atomic E-state index is 10.4. The molecule has 0 unspecified atom stereocenters. The van der Waals surface area contributed by atoms with Crippen LogP contribution in [0.15, 0.2) is 6.20 Å². The molecule has 0 aliphatic rings. The minimum atomic E-state index is -0.464. The van der Waals surface area contributed by atoms with Crippen molar-refractivity contribution in [2.24, 2.45) is 0 Å². The molecule has 0 aromatic carbocycles. The van der Waals surface area contributed by atoms with Gasteiger partial charge in [0.05, 0.1) is 11.5 Å². The highest BCUT2D eigenvalue weighted by atomic mass is 16.6. The van der Waals surface area contributed by atoms with E-state index in [4.69, 9.17) is 4.74 Å². The molecule has 0 radical (unpaired) electrons. The lowest BCUT2D eigenvalue weighted by molar-refractivity contribution is -0.385. The summed E-state index contributed by atoms with van der Waals surface area (Å²) in [5.41, 5.74) is 0.522. The lowest BCUT2D eigenvalue weighted by atomic mass is 10.3. The van der Waals surface area contributed by atoms with E-state index in [0.29, 0.717) is 18.7 Å². The summed E-state index contributed by atoms with van der Waals surface area (Å²) in [4.78, 5) is 9.89. The number of nitrogens with one attached hydrogen (secondary N) is 1. The van der Waals surface area contributed by atoms with Gasteiger partial charge in [-0.25, -0.2) is 0 Å². The number of H-pyrrole nitrogens is 1. The highest BCUT2D eigenvalue weighted by Gasteiger charge is 2.14. The quantitative estimate of drug-likeness (QED) is 0.528. The van der Waals surface area contributed by atoms with Crippen molar-refractivity contribution in [2.75, 3.05) is 13.7 Å². The molecule has 0 aliphatic heterocycles. The van der Waals surface area contributed by atoms with Crippen LogP contribution in [-0.4, -0.2) is 28.8 Å². The molecule has 0 saturated heterocycles. The molecule has 12 heavy (non-hydrogen) atoms. The Labute approximate surface area is 68.7 Å². The van der Waals surface area contributed by atoms with E-state index in [2.05, 4.69) is 10.2 Å². The van der Waals surface area contributed by atoms with Gasteiger partial charge in [0.25, 0.3) is 0 Å². The molecule has 6 nitrogen and oxygen atoms in total. The minimum Gasteiger partial charge on any atom is -0.384 e. The van der Waals surface area contributed by atoms with Crippen LogP contribution >= 0.6 is 0 Å². The van der Waals surface area contributed by atoms with Crippen molar-refractivity contribution in [2.45, 2.75) is 6.42 Å². The monoisotopic (exact) mass is 171 g/mol. The van der Waals surface area contributed by atoms with Crippen LogP contribution < -0.4 is 0 Å². The van der Waals surface area contributed by atoms with Gasteiger partial charge in [-0.15, -0.1) is 0 Å². The first-order valence-corrected chi connectivity index (χ1v) is 3.41. The second-order valence-electron chi connectivity index (χ2n) is 2.23. The van der Waals surface area contributed by atoms with Gasteiger partial charge in [0.2, 0.25) is 0 Å². The average molecular weight is 171 g/mol. The van der Waals surface area contributed by atoms with Crippen molar-refractivity contribution >= 4 is 5.69 Å². The molecular weight excluding hydrogens is 162 g/mol. The molecule has 0 amide bonds. The number of methoxy groups -OCH3 is 1. The molecule has 0 bridgehead atoms. The Kier molecular flexibility index (Phi) is 2.76. The van der Waals surface area contributed by atoms with E-state index in [9.17, 15) is 10.1 Å². The van der Waals surface area contributed by atoms with Crippen molar-refractivity contribution in [3.63, 3.8) is 0 Å². The SMILES string of the molecule is COCCc1[nH]ncc1[N+](=O)[O-]. The van der Waals surface area contributed by atoms with Crippen LogP contribution in [0.25, 0.3) is 0 Å². The zero-order chi connectivity index (χ0) is 8.97. The lowest BCUT2D eigenvalue weighted by Crippen LogP contribution is -1.98. The van der Waals surface area contributed by atoms with Gasteiger partial charge < -0.3 is 4.74 Å². The molecule has 1 N–H and O–H groups in total. The summed E-state index contributed by atoms with van der Waals surface area (Å²) in [6, 6.07) is 0. The Balaban J connectivity index is 2.70. The third-order valence-corrected chi connectivity index (χ3v) is 1.45. The molecule has 6 heteroatoms. The number of ether oxygens (including phenoxy) is 1. The first kappa shape index (κ1) is 8.66. The van der Waals surface area contributed by atoms with Crippen LogP contribution in [0.5, 0.6) is 0 Å². The van der Waals surface area contributed by atoms with Crippen molar-refractivity contribution < 1.29 is 9.66 Å². The predicted molar refractivity (Wildman–Crippen MR) is 40.8 cm³/mol. The van der Waals surface area contributed by atoms with Gasteiger partial charge in [0.15, 0.2) is 0 Å². The fourth-order valence-corrected chi connectivity index (χ4v) is 0.852. The summed E-state index contributed by atoms with van der Waals surface area (Å²) in [5.74, 6) is 0. The summed E-state index contributed by atoms with van der Waals surface area (Å²) in [5, 5.41) is 16.5. The van der Waals surface area contributed by atoms with Gasteiger partial charge in [0.1, 0.15) is 11.9 Å².